The highest BCUT2D eigenvalue weighted by Crippen LogP contribution is 2.38. The lowest BCUT2D eigenvalue weighted by atomic mass is 9.94. The van der Waals surface area contributed by atoms with Gasteiger partial charge in [-0.3, -0.25) is 10.7 Å². The third-order valence-electron chi connectivity index (χ3n) is 3.77. The van der Waals surface area contributed by atoms with Crippen molar-refractivity contribution in [1.82, 2.24) is 5.48 Å². The van der Waals surface area contributed by atoms with Crippen LogP contribution in [-0.4, -0.2) is 11.5 Å². The van der Waals surface area contributed by atoms with E-state index in [4.69, 9.17) is 5.21 Å². The van der Waals surface area contributed by atoms with Crippen LogP contribution in [0.15, 0.2) is 59.6 Å². The van der Waals surface area contributed by atoms with Crippen LogP contribution in [0.5, 0.6) is 0 Å². The number of nitrogens with one attached hydrogen (secondary N) is 1. The molecule has 0 saturated heterocycles. The predicted molar refractivity (Wildman–Crippen MR) is 83.2 cm³/mol. The van der Waals surface area contributed by atoms with E-state index in [9.17, 15) is 0 Å². The van der Waals surface area contributed by atoms with Crippen LogP contribution in [0.1, 0.15) is 0 Å². The van der Waals surface area contributed by atoms with Crippen molar-refractivity contribution < 1.29 is 5.21 Å². The molecule has 0 aliphatic rings. The minimum Gasteiger partial charge on any atom is -0.290 e. The van der Waals surface area contributed by atoms with Gasteiger partial charge in [-0.05, 0) is 33.0 Å². The van der Waals surface area contributed by atoms with E-state index in [0.29, 0.717) is 0 Å². The lowest BCUT2D eigenvalue weighted by Gasteiger charge is -2.11. The van der Waals surface area contributed by atoms with Crippen LogP contribution in [0.25, 0.3) is 32.3 Å². The highest BCUT2D eigenvalue weighted by molar-refractivity contribution is 6.25. The van der Waals surface area contributed by atoms with E-state index in [1.165, 1.54) is 33.3 Å². The van der Waals surface area contributed by atoms with Gasteiger partial charge in [-0.1, -0.05) is 48.5 Å². The van der Waals surface area contributed by atoms with Crippen LogP contribution in [0.4, 0.5) is 5.69 Å². The molecule has 0 fully saturated rings. The predicted octanol–water partition coefficient (Wildman–Crippen LogP) is 4.22. The molecule has 0 saturated carbocycles. The Hall–Kier alpha value is -2.65. The van der Waals surface area contributed by atoms with E-state index in [1.54, 1.807) is 0 Å². The van der Waals surface area contributed by atoms with Gasteiger partial charge in [0.1, 0.15) is 6.34 Å². The average molecular weight is 260 g/mol. The Morgan fingerprint density at radius 1 is 0.800 bits per heavy atom. The summed E-state index contributed by atoms with van der Waals surface area (Å²) in [6.45, 7) is 0. The molecular formula is C17H12N2O. The van der Waals surface area contributed by atoms with Crippen molar-refractivity contribution in [2.75, 3.05) is 0 Å². The van der Waals surface area contributed by atoms with E-state index in [1.807, 2.05) is 11.5 Å². The second-order valence-electron chi connectivity index (χ2n) is 4.83. The van der Waals surface area contributed by atoms with Gasteiger partial charge in [0.05, 0.1) is 5.69 Å². The number of hydrogen-bond donors (Lipinski definition) is 2. The van der Waals surface area contributed by atoms with E-state index < -0.39 is 0 Å². The fourth-order valence-electron chi connectivity index (χ4n) is 2.93. The third kappa shape index (κ3) is 1.47. The second-order valence-corrected chi connectivity index (χ2v) is 4.83. The summed E-state index contributed by atoms with van der Waals surface area (Å²) in [6, 6.07) is 18.9. The first-order chi connectivity index (χ1) is 9.88. The SMILES string of the molecule is ONC=Nc1ccc2ccc3cccc4ccc1c2c34. The van der Waals surface area contributed by atoms with Gasteiger partial charge < -0.3 is 0 Å². The molecule has 96 valence electrons. The van der Waals surface area contributed by atoms with Crippen LogP contribution in [0.2, 0.25) is 0 Å². The zero-order valence-corrected chi connectivity index (χ0v) is 10.7. The van der Waals surface area contributed by atoms with Crippen LogP contribution >= 0.6 is 0 Å². The Morgan fingerprint density at radius 2 is 1.45 bits per heavy atom. The topological polar surface area (TPSA) is 44.6 Å². The Bertz CT molecular complexity index is 928. The molecule has 0 atom stereocenters. The zero-order valence-electron chi connectivity index (χ0n) is 10.7. The number of rotatable bonds is 2. The molecule has 0 aliphatic heterocycles. The number of hydrogen-bond acceptors (Lipinski definition) is 2. The maximum atomic E-state index is 8.67. The van der Waals surface area contributed by atoms with Gasteiger partial charge in [-0.25, -0.2) is 4.99 Å². The molecule has 0 unspecified atom stereocenters. The highest BCUT2D eigenvalue weighted by atomic mass is 16.5. The van der Waals surface area contributed by atoms with Crippen molar-refractivity contribution in [3.05, 3.63) is 54.6 Å². The van der Waals surface area contributed by atoms with Gasteiger partial charge in [-0.2, -0.15) is 0 Å². The standard InChI is InChI=1S/C17H12N2O/c20-19-10-18-15-9-7-13-5-4-11-2-1-3-12-6-8-14(15)17(13)16(11)12/h1-10,20H,(H,18,19). The quantitative estimate of drug-likeness (QED) is 0.245. The summed E-state index contributed by atoms with van der Waals surface area (Å²) in [5.74, 6) is 0. The van der Waals surface area contributed by atoms with Gasteiger partial charge >= 0.3 is 0 Å². The molecule has 3 heteroatoms. The molecule has 4 aromatic rings. The van der Waals surface area contributed by atoms with Crippen LogP contribution in [-0.2, 0) is 0 Å². The molecule has 3 nitrogen and oxygen atoms in total. The normalized spacial score (nSPS) is 12.1. The monoisotopic (exact) mass is 260 g/mol. The number of hydroxylamine groups is 1. The van der Waals surface area contributed by atoms with Crippen molar-refractivity contribution in [3.8, 4) is 0 Å². The lowest BCUT2D eigenvalue weighted by Crippen LogP contribution is -2.00. The average Bonchev–Trinajstić information content (AvgIpc) is 2.51. The second kappa shape index (κ2) is 4.18. The first-order valence-corrected chi connectivity index (χ1v) is 6.47. The molecule has 4 rings (SSSR count). The highest BCUT2D eigenvalue weighted by Gasteiger charge is 2.09. The van der Waals surface area contributed by atoms with E-state index in [-0.39, 0.29) is 0 Å². The van der Waals surface area contributed by atoms with Gasteiger partial charge in [0, 0.05) is 5.39 Å². The summed E-state index contributed by atoms with van der Waals surface area (Å²) in [5.41, 5.74) is 2.80. The Labute approximate surface area is 115 Å². The molecule has 0 aliphatic carbocycles. The number of nitrogens with zero attached hydrogens (tertiary/aromatic N) is 1. The third-order valence-corrected chi connectivity index (χ3v) is 3.77. The molecular weight excluding hydrogens is 248 g/mol. The minimum atomic E-state index is 0.845. The fraction of sp³-hybridized carbons (Fsp3) is 0. The summed E-state index contributed by atoms with van der Waals surface area (Å²) >= 11 is 0. The van der Waals surface area contributed by atoms with Crippen molar-refractivity contribution >= 4 is 44.3 Å². The Balaban J connectivity index is 2.23. The number of benzene rings is 4. The first-order valence-electron chi connectivity index (χ1n) is 6.47. The van der Waals surface area contributed by atoms with Crippen molar-refractivity contribution in [2.24, 2.45) is 4.99 Å². The van der Waals surface area contributed by atoms with E-state index in [2.05, 4.69) is 53.5 Å². The summed E-state index contributed by atoms with van der Waals surface area (Å²) in [5, 5.41) is 16.0. The molecule has 4 aromatic carbocycles. The molecule has 0 heterocycles. The molecule has 0 spiro atoms. The molecule has 0 bridgehead atoms. The van der Waals surface area contributed by atoms with Gasteiger partial charge in [0.15, 0.2) is 0 Å². The Morgan fingerprint density at radius 3 is 2.20 bits per heavy atom. The van der Waals surface area contributed by atoms with Gasteiger partial charge in [0.25, 0.3) is 0 Å². The maximum Gasteiger partial charge on any atom is 0.113 e. The van der Waals surface area contributed by atoms with Crippen molar-refractivity contribution in [1.29, 1.82) is 0 Å². The van der Waals surface area contributed by atoms with E-state index in [0.717, 1.165) is 11.1 Å². The zero-order chi connectivity index (χ0) is 13.5. The fourth-order valence-corrected chi connectivity index (χ4v) is 2.93. The Kier molecular flexibility index (Phi) is 2.34. The van der Waals surface area contributed by atoms with Crippen molar-refractivity contribution in [2.45, 2.75) is 0 Å². The molecule has 0 aromatic heterocycles. The smallest absolute Gasteiger partial charge is 0.113 e. The molecule has 20 heavy (non-hydrogen) atoms. The van der Waals surface area contributed by atoms with Crippen LogP contribution in [0.3, 0.4) is 0 Å². The molecule has 0 amide bonds. The summed E-state index contributed by atoms with van der Waals surface area (Å²) in [4.78, 5) is 4.24. The van der Waals surface area contributed by atoms with Gasteiger partial charge in [0.2, 0.25) is 0 Å². The van der Waals surface area contributed by atoms with Crippen molar-refractivity contribution in [3.63, 3.8) is 0 Å². The molecule has 2 N–H and O–H groups in total. The lowest BCUT2D eigenvalue weighted by molar-refractivity contribution is 0.240. The minimum absolute atomic E-state index is 0.845. The van der Waals surface area contributed by atoms with E-state index >= 15 is 0 Å². The summed E-state index contributed by atoms with van der Waals surface area (Å²) < 4.78 is 0. The maximum absolute atomic E-state index is 8.67. The summed E-state index contributed by atoms with van der Waals surface area (Å²) in [6.07, 6.45) is 1.28. The first kappa shape index (κ1) is 11.2. The number of aliphatic imine (C=N–C) groups is 1. The van der Waals surface area contributed by atoms with Gasteiger partial charge in [-0.15, -0.1) is 0 Å². The van der Waals surface area contributed by atoms with Crippen LogP contribution in [0, 0.1) is 0 Å². The largest absolute Gasteiger partial charge is 0.290 e. The van der Waals surface area contributed by atoms with Crippen LogP contribution < -0.4 is 5.48 Å². The molecule has 0 radical (unpaired) electrons. The summed E-state index contributed by atoms with van der Waals surface area (Å²) in [7, 11) is 0.